The number of aromatic nitrogens is 2. The van der Waals surface area contributed by atoms with Crippen LogP contribution in [0.3, 0.4) is 0 Å². The molecule has 1 amide bonds. The lowest BCUT2D eigenvalue weighted by Gasteiger charge is -2.16. The minimum Gasteiger partial charge on any atom is -0.385 e. The molecule has 1 heterocycles. The zero-order valence-corrected chi connectivity index (χ0v) is 12.9. The minimum absolute atomic E-state index is 0.0137. The van der Waals surface area contributed by atoms with E-state index in [1.165, 1.54) is 0 Å². The van der Waals surface area contributed by atoms with Gasteiger partial charge in [-0.05, 0) is 32.0 Å². The lowest BCUT2D eigenvalue weighted by atomic mass is 10.1. The molecule has 6 heteroatoms. The van der Waals surface area contributed by atoms with Gasteiger partial charge < -0.3 is 15.2 Å². The van der Waals surface area contributed by atoms with E-state index in [2.05, 4.69) is 15.6 Å². The number of benzene rings is 1. The van der Waals surface area contributed by atoms with Crippen molar-refractivity contribution in [3.05, 3.63) is 47.5 Å². The molecular weight excluding hydrogens is 288 g/mol. The molecule has 0 bridgehead atoms. The van der Waals surface area contributed by atoms with Crippen LogP contribution in [0.4, 0.5) is 5.69 Å². The molecule has 0 aliphatic heterocycles. The van der Waals surface area contributed by atoms with Crippen LogP contribution in [0.1, 0.15) is 24.2 Å². The number of halogens is 1. The maximum atomic E-state index is 12.4. The van der Waals surface area contributed by atoms with Crippen molar-refractivity contribution in [3.8, 4) is 0 Å². The van der Waals surface area contributed by atoms with E-state index in [1.807, 2.05) is 30.7 Å². The van der Waals surface area contributed by atoms with E-state index in [4.69, 9.17) is 11.6 Å². The Labute approximate surface area is 129 Å². The smallest absolute Gasteiger partial charge is 0.253 e. The van der Waals surface area contributed by atoms with Crippen LogP contribution in [0.2, 0.25) is 5.02 Å². The second kappa shape index (κ2) is 7.13. The number of imidazole rings is 1. The SMILES string of the molecule is CCNc1ccc(Cl)cc1C(=O)NC(C)Cn1ccnc1. The molecule has 2 rings (SSSR count). The zero-order valence-electron chi connectivity index (χ0n) is 12.1. The van der Waals surface area contributed by atoms with Crippen molar-refractivity contribution in [2.75, 3.05) is 11.9 Å². The van der Waals surface area contributed by atoms with Crippen molar-refractivity contribution >= 4 is 23.2 Å². The molecule has 1 aromatic heterocycles. The molecular formula is C15H19ClN4O. The summed E-state index contributed by atoms with van der Waals surface area (Å²) in [5.41, 5.74) is 1.34. The van der Waals surface area contributed by atoms with E-state index in [-0.39, 0.29) is 11.9 Å². The molecule has 21 heavy (non-hydrogen) atoms. The lowest BCUT2D eigenvalue weighted by Crippen LogP contribution is -2.35. The number of hydrogen-bond donors (Lipinski definition) is 2. The Kier molecular flexibility index (Phi) is 5.22. The first kappa shape index (κ1) is 15.4. The van der Waals surface area contributed by atoms with Crippen molar-refractivity contribution in [2.24, 2.45) is 0 Å². The maximum absolute atomic E-state index is 12.4. The van der Waals surface area contributed by atoms with E-state index in [1.54, 1.807) is 24.7 Å². The summed E-state index contributed by atoms with van der Waals surface area (Å²) in [5.74, 6) is -0.138. The number of carbonyl (C=O) groups excluding carboxylic acids is 1. The van der Waals surface area contributed by atoms with Crippen LogP contribution in [0.15, 0.2) is 36.9 Å². The number of nitrogens with one attached hydrogen (secondary N) is 2. The third-order valence-electron chi connectivity index (χ3n) is 3.01. The Morgan fingerprint density at radius 1 is 1.48 bits per heavy atom. The van der Waals surface area contributed by atoms with Gasteiger partial charge in [0.1, 0.15) is 0 Å². The predicted molar refractivity (Wildman–Crippen MR) is 84.8 cm³/mol. The first-order valence-electron chi connectivity index (χ1n) is 6.90. The van der Waals surface area contributed by atoms with E-state index < -0.39 is 0 Å². The molecule has 2 N–H and O–H groups in total. The first-order chi connectivity index (χ1) is 10.1. The minimum atomic E-state index is -0.138. The van der Waals surface area contributed by atoms with Gasteiger partial charge >= 0.3 is 0 Å². The topological polar surface area (TPSA) is 59.0 Å². The van der Waals surface area contributed by atoms with Gasteiger partial charge in [0.05, 0.1) is 11.9 Å². The van der Waals surface area contributed by atoms with Crippen LogP contribution >= 0.6 is 11.6 Å². The molecule has 0 aliphatic rings. The number of carbonyl (C=O) groups is 1. The first-order valence-corrected chi connectivity index (χ1v) is 7.28. The van der Waals surface area contributed by atoms with Gasteiger partial charge in [-0.15, -0.1) is 0 Å². The fraction of sp³-hybridized carbons (Fsp3) is 0.333. The van der Waals surface area contributed by atoms with Gasteiger partial charge in [-0.2, -0.15) is 0 Å². The molecule has 112 valence electrons. The Hall–Kier alpha value is -2.01. The van der Waals surface area contributed by atoms with Gasteiger partial charge in [-0.25, -0.2) is 4.98 Å². The zero-order chi connectivity index (χ0) is 15.2. The van der Waals surface area contributed by atoms with Crippen LogP contribution < -0.4 is 10.6 Å². The third kappa shape index (κ3) is 4.23. The fourth-order valence-corrected chi connectivity index (χ4v) is 2.28. The quantitative estimate of drug-likeness (QED) is 0.863. The Bertz CT molecular complexity index is 598. The van der Waals surface area contributed by atoms with Gasteiger partial charge in [-0.3, -0.25) is 4.79 Å². The standard InChI is InChI=1S/C15H19ClN4O/c1-3-18-14-5-4-12(16)8-13(14)15(21)19-11(2)9-20-7-6-17-10-20/h4-8,10-11,18H,3,9H2,1-2H3,(H,19,21). The van der Waals surface area contributed by atoms with Gasteiger partial charge in [0.25, 0.3) is 5.91 Å². The van der Waals surface area contributed by atoms with E-state index >= 15 is 0 Å². The van der Waals surface area contributed by atoms with E-state index in [0.717, 1.165) is 12.2 Å². The van der Waals surface area contributed by atoms with Gasteiger partial charge in [0, 0.05) is 42.2 Å². The van der Waals surface area contributed by atoms with Crippen LogP contribution in [0, 0.1) is 0 Å². The summed E-state index contributed by atoms with van der Waals surface area (Å²) < 4.78 is 1.92. The van der Waals surface area contributed by atoms with Gasteiger partial charge in [0.15, 0.2) is 0 Å². The summed E-state index contributed by atoms with van der Waals surface area (Å²) in [6.45, 7) is 5.35. The second-order valence-corrected chi connectivity index (χ2v) is 5.29. The third-order valence-corrected chi connectivity index (χ3v) is 3.25. The number of rotatable bonds is 6. The number of nitrogens with zero attached hydrogens (tertiary/aromatic N) is 2. The summed E-state index contributed by atoms with van der Waals surface area (Å²) in [7, 11) is 0. The van der Waals surface area contributed by atoms with E-state index in [9.17, 15) is 4.79 Å². The summed E-state index contributed by atoms with van der Waals surface area (Å²) in [5, 5.41) is 6.69. The molecule has 2 aromatic rings. The van der Waals surface area contributed by atoms with Crippen molar-refractivity contribution in [1.82, 2.24) is 14.9 Å². The average Bonchev–Trinajstić information content (AvgIpc) is 2.93. The highest BCUT2D eigenvalue weighted by Gasteiger charge is 2.14. The number of amides is 1. The molecule has 0 aliphatic carbocycles. The molecule has 1 atom stereocenters. The molecule has 0 saturated carbocycles. The van der Waals surface area contributed by atoms with Crippen molar-refractivity contribution < 1.29 is 4.79 Å². The molecule has 1 aromatic carbocycles. The number of hydrogen-bond acceptors (Lipinski definition) is 3. The highest BCUT2D eigenvalue weighted by molar-refractivity contribution is 6.31. The molecule has 5 nitrogen and oxygen atoms in total. The highest BCUT2D eigenvalue weighted by Crippen LogP contribution is 2.20. The number of anilines is 1. The molecule has 0 fully saturated rings. The molecule has 0 saturated heterocycles. The molecule has 1 unspecified atom stereocenters. The maximum Gasteiger partial charge on any atom is 0.253 e. The Morgan fingerprint density at radius 3 is 2.95 bits per heavy atom. The lowest BCUT2D eigenvalue weighted by molar-refractivity contribution is 0.0937. The van der Waals surface area contributed by atoms with Crippen LogP contribution in [-0.2, 0) is 6.54 Å². The Balaban J connectivity index is 2.07. The monoisotopic (exact) mass is 306 g/mol. The molecule has 0 spiro atoms. The average molecular weight is 307 g/mol. The van der Waals surface area contributed by atoms with Crippen LogP contribution in [0.25, 0.3) is 0 Å². The van der Waals surface area contributed by atoms with E-state index in [0.29, 0.717) is 17.1 Å². The van der Waals surface area contributed by atoms with Gasteiger partial charge in [0.2, 0.25) is 0 Å². The summed E-state index contributed by atoms with van der Waals surface area (Å²) in [6, 6.07) is 5.26. The fourth-order valence-electron chi connectivity index (χ4n) is 2.11. The summed E-state index contributed by atoms with van der Waals surface area (Å²) in [4.78, 5) is 16.4. The van der Waals surface area contributed by atoms with Gasteiger partial charge in [-0.1, -0.05) is 11.6 Å². The summed E-state index contributed by atoms with van der Waals surface area (Å²) >= 11 is 5.99. The Morgan fingerprint density at radius 2 is 2.29 bits per heavy atom. The van der Waals surface area contributed by atoms with Crippen LogP contribution in [0.5, 0.6) is 0 Å². The largest absolute Gasteiger partial charge is 0.385 e. The highest BCUT2D eigenvalue weighted by atomic mass is 35.5. The summed E-state index contributed by atoms with van der Waals surface area (Å²) in [6.07, 6.45) is 5.31. The normalized spacial score (nSPS) is 12.0. The van der Waals surface area contributed by atoms with Crippen LogP contribution in [-0.4, -0.2) is 28.0 Å². The second-order valence-electron chi connectivity index (χ2n) is 4.85. The van der Waals surface area contributed by atoms with Crippen molar-refractivity contribution in [3.63, 3.8) is 0 Å². The predicted octanol–water partition coefficient (Wildman–Crippen LogP) is 2.79. The van der Waals surface area contributed by atoms with Crippen molar-refractivity contribution in [1.29, 1.82) is 0 Å². The van der Waals surface area contributed by atoms with Crippen molar-refractivity contribution in [2.45, 2.75) is 26.4 Å². The molecule has 0 radical (unpaired) electrons.